The van der Waals surface area contributed by atoms with E-state index >= 15 is 0 Å². The number of halogens is 6. The van der Waals surface area contributed by atoms with Crippen LogP contribution >= 0.6 is 23.2 Å². The molecule has 2 nitrogen and oxygen atoms in total. The fourth-order valence-electron chi connectivity index (χ4n) is 3.95. The van der Waals surface area contributed by atoms with Crippen LogP contribution in [0.1, 0.15) is 39.4 Å². The number of carbonyl (C=O) groups is 1. The van der Waals surface area contributed by atoms with Crippen LogP contribution in [0.25, 0.3) is 0 Å². The lowest BCUT2D eigenvalue weighted by Crippen LogP contribution is -2.26. The Morgan fingerprint density at radius 1 is 1.00 bits per heavy atom. The van der Waals surface area contributed by atoms with Crippen LogP contribution in [0.3, 0.4) is 0 Å². The summed E-state index contributed by atoms with van der Waals surface area (Å²) in [6.45, 7) is 1.70. The topological polar surface area (TPSA) is 20.3 Å². The number of hydrogen-bond acceptors (Lipinski definition) is 2. The molecule has 0 aliphatic carbocycles. The molecular weight excluding hydrogens is 489 g/mol. The van der Waals surface area contributed by atoms with E-state index in [2.05, 4.69) is 0 Å². The quantitative estimate of drug-likeness (QED) is 0.225. The van der Waals surface area contributed by atoms with E-state index in [1.807, 2.05) is 0 Å². The highest BCUT2D eigenvalue weighted by molar-refractivity contribution is 6.34. The maximum Gasteiger partial charge on any atom is 0.395 e. The highest BCUT2D eigenvalue weighted by Gasteiger charge is 2.40. The normalized spacial score (nSPS) is 12.5. The number of anilines is 1. The fourth-order valence-corrected chi connectivity index (χ4v) is 4.49. The number of aryl methyl sites for hydroxylation is 2. The molecule has 0 radical (unpaired) electrons. The second-order valence-corrected chi connectivity index (χ2v) is 9.09. The van der Waals surface area contributed by atoms with E-state index in [-0.39, 0.29) is 40.8 Å². The van der Waals surface area contributed by atoms with Crippen LogP contribution in [-0.2, 0) is 6.42 Å². The third kappa shape index (κ3) is 6.51. The molecule has 34 heavy (non-hydrogen) atoms. The molecule has 3 rings (SSSR count). The van der Waals surface area contributed by atoms with Gasteiger partial charge in [-0.2, -0.15) is 13.2 Å². The van der Waals surface area contributed by atoms with Gasteiger partial charge >= 0.3 is 6.18 Å². The first-order valence-electron chi connectivity index (χ1n) is 10.6. The molecule has 3 aromatic rings. The summed E-state index contributed by atoms with van der Waals surface area (Å²) in [7, 11) is 1.62. The average Bonchev–Trinajstić information content (AvgIpc) is 2.72. The first-order valence-corrected chi connectivity index (χ1v) is 11.3. The SMILES string of the molecule is Cc1cc(CCC(c2cc(Cl)cc(Cl)c2)C(F)(F)F)ccc1C(=O)CN(C)c1ccccc1F. The van der Waals surface area contributed by atoms with Crippen LogP contribution in [-0.4, -0.2) is 25.6 Å². The summed E-state index contributed by atoms with van der Waals surface area (Å²) in [5, 5.41) is 0.298. The molecule has 0 amide bonds. The van der Waals surface area contributed by atoms with Gasteiger partial charge in [0.1, 0.15) is 5.82 Å². The summed E-state index contributed by atoms with van der Waals surface area (Å²) in [6, 6.07) is 15.1. The minimum atomic E-state index is -4.46. The lowest BCUT2D eigenvalue weighted by Gasteiger charge is -2.22. The van der Waals surface area contributed by atoms with Crippen molar-refractivity contribution in [3.8, 4) is 0 Å². The number of carbonyl (C=O) groups excluding carboxylic acids is 1. The van der Waals surface area contributed by atoms with Gasteiger partial charge in [0.25, 0.3) is 0 Å². The molecule has 3 aromatic carbocycles. The number of benzene rings is 3. The Kier molecular flexibility index (Phi) is 8.26. The Morgan fingerprint density at radius 3 is 2.24 bits per heavy atom. The molecule has 0 bridgehead atoms. The summed E-state index contributed by atoms with van der Waals surface area (Å²) in [4.78, 5) is 14.3. The van der Waals surface area contributed by atoms with E-state index in [1.54, 1.807) is 50.4 Å². The summed E-state index contributed by atoms with van der Waals surface area (Å²) in [6.07, 6.45) is -4.50. The first-order chi connectivity index (χ1) is 16.0. The lowest BCUT2D eigenvalue weighted by atomic mass is 9.90. The molecule has 1 unspecified atom stereocenters. The number of rotatable bonds is 8. The maximum atomic E-state index is 14.0. The fraction of sp³-hybridized carbons (Fsp3) is 0.269. The maximum absolute atomic E-state index is 14.0. The third-order valence-corrected chi connectivity index (χ3v) is 6.08. The van der Waals surface area contributed by atoms with E-state index in [9.17, 15) is 22.4 Å². The van der Waals surface area contributed by atoms with Crippen molar-refractivity contribution in [1.82, 2.24) is 0 Å². The lowest BCUT2D eigenvalue weighted by molar-refractivity contribution is -0.151. The number of nitrogens with zero attached hydrogens (tertiary/aromatic N) is 1. The zero-order valence-electron chi connectivity index (χ0n) is 18.6. The van der Waals surface area contributed by atoms with E-state index in [4.69, 9.17) is 23.2 Å². The number of hydrogen-bond donors (Lipinski definition) is 0. The zero-order chi connectivity index (χ0) is 25.0. The van der Waals surface area contributed by atoms with Crippen molar-refractivity contribution in [2.45, 2.75) is 31.9 Å². The molecule has 1 atom stereocenters. The number of ketones is 1. The monoisotopic (exact) mass is 511 g/mol. The van der Waals surface area contributed by atoms with E-state index in [1.165, 1.54) is 29.2 Å². The molecule has 0 aliphatic heterocycles. The summed E-state index contributed by atoms with van der Waals surface area (Å²) < 4.78 is 55.2. The van der Waals surface area contributed by atoms with Crippen molar-refractivity contribution in [2.24, 2.45) is 0 Å². The molecular formula is C26H23Cl2F4NO. The minimum absolute atomic E-state index is 0.0182. The number of Topliss-reactive ketones (excluding diaryl/α,β-unsaturated/α-hetero) is 1. The molecule has 0 aliphatic rings. The zero-order valence-corrected chi connectivity index (χ0v) is 20.1. The average molecular weight is 512 g/mol. The molecule has 0 saturated carbocycles. The predicted octanol–water partition coefficient (Wildman–Crippen LogP) is 8.04. The molecule has 0 fully saturated rings. The standard InChI is InChI=1S/C26H23Cl2F4NO/c1-16-11-17(8-10-22(26(30,31)32)18-12-19(27)14-20(28)13-18)7-9-21(16)25(34)15-33(2)24-6-4-3-5-23(24)29/h3-7,9,11-14,22H,8,10,15H2,1-2H3. The Morgan fingerprint density at radius 2 is 1.65 bits per heavy atom. The van der Waals surface area contributed by atoms with Gasteiger partial charge in [-0.3, -0.25) is 4.79 Å². The van der Waals surface area contributed by atoms with Crippen LogP contribution in [0, 0.1) is 12.7 Å². The minimum Gasteiger partial charge on any atom is -0.365 e. The van der Waals surface area contributed by atoms with E-state index < -0.39 is 17.9 Å². The van der Waals surface area contributed by atoms with Crippen molar-refractivity contribution in [2.75, 3.05) is 18.5 Å². The van der Waals surface area contributed by atoms with Gasteiger partial charge in [-0.05, 0) is 66.8 Å². The summed E-state index contributed by atoms with van der Waals surface area (Å²) >= 11 is 11.8. The molecule has 0 heterocycles. The van der Waals surface area contributed by atoms with Crippen LogP contribution in [0.5, 0.6) is 0 Å². The Bertz CT molecular complexity index is 1160. The van der Waals surface area contributed by atoms with Gasteiger partial charge in [0.2, 0.25) is 0 Å². The highest BCUT2D eigenvalue weighted by atomic mass is 35.5. The van der Waals surface area contributed by atoms with E-state index in [0.29, 0.717) is 22.4 Å². The molecule has 180 valence electrons. The largest absolute Gasteiger partial charge is 0.395 e. The Labute approximate surface area is 206 Å². The van der Waals surface area contributed by atoms with Gasteiger partial charge in [-0.25, -0.2) is 4.39 Å². The summed E-state index contributed by atoms with van der Waals surface area (Å²) in [5.41, 5.74) is 2.10. The van der Waals surface area contributed by atoms with Crippen LogP contribution in [0.4, 0.5) is 23.2 Å². The number of alkyl halides is 3. The Balaban J connectivity index is 1.72. The van der Waals surface area contributed by atoms with Crippen molar-refractivity contribution in [3.05, 3.63) is 98.8 Å². The van der Waals surface area contributed by atoms with E-state index in [0.717, 1.165) is 0 Å². The molecule has 0 saturated heterocycles. The second-order valence-electron chi connectivity index (χ2n) is 8.22. The van der Waals surface area contributed by atoms with Crippen molar-refractivity contribution in [1.29, 1.82) is 0 Å². The van der Waals surface area contributed by atoms with Crippen LogP contribution in [0.15, 0.2) is 60.7 Å². The second kappa shape index (κ2) is 10.8. The summed E-state index contributed by atoms with van der Waals surface area (Å²) in [5.74, 6) is -2.36. The molecule has 8 heteroatoms. The Hall–Kier alpha value is -2.57. The highest BCUT2D eigenvalue weighted by Crippen LogP contribution is 2.40. The van der Waals surface area contributed by atoms with Gasteiger partial charge in [-0.1, -0.05) is 53.5 Å². The van der Waals surface area contributed by atoms with Crippen molar-refractivity contribution < 1.29 is 22.4 Å². The number of para-hydroxylation sites is 1. The third-order valence-electron chi connectivity index (χ3n) is 5.64. The van der Waals surface area contributed by atoms with Crippen LogP contribution < -0.4 is 4.90 Å². The smallest absolute Gasteiger partial charge is 0.365 e. The van der Waals surface area contributed by atoms with Gasteiger partial charge in [0.05, 0.1) is 18.2 Å². The predicted molar refractivity (Wildman–Crippen MR) is 129 cm³/mol. The van der Waals surface area contributed by atoms with Gasteiger partial charge in [-0.15, -0.1) is 0 Å². The van der Waals surface area contributed by atoms with Gasteiger partial charge in [0, 0.05) is 22.7 Å². The number of likely N-dealkylation sites (N-methyl/N-ethyl adjacent to an activating group) is 1. The van der Waals surface area contributed by atoms with Gasteiger partial charge < -0.3 is 4.90 Å². The van der Waals surface area contributed by atoms with Crippen molar-refractivity contribution >= 4 is 34.7 Å². The van der Waals surface area contributed by atoms with Gasteiger partial charge in [0.15, 0.2) is 5.78 Å². The molecule has 0 N–H and O–H groups in total. The van der Waals surface area contributed by atoms with Crippen molar-refractivity contribution in [3.63, 3.8) is 0 Å². The van der Waals surface area contributed by atoms with Crippen LogP contribution in [0.2, 0.25) is 10.0 Å². The molecule has 0 aromatic heterocycles. The first kappa shape index (κ1) is 26.0. The molecule has 0 spiro atoms.